The maximum atomic E-state index is 13.4. The summed E-state index contributed by atoms with van der Waals surface area (Å²) >= 11 is 0. The van der Waals surface area contributed by atoms with Gasteiger partial charge in [0.25, 0.3) is 0 Å². The number of likely N-dealkylation sites (N-methyl/N-ethyl adjacent to an activating group) is 1. The Hall–Kier alpha value is -2.18. The Bertz CT molecular complexity index is 992. The molecule has 1 atom stereocenters. The number of likely N-dealkylation sites (tertiary alicyclic amines) is 1. The van der Waals surface area contributed by atoms with Crippen LogP contribution >= 0.6 is 0 Å². The van der Waals surface area contributed by atoms with Crippen molar-refractivity contribution in [2.75, 3.05) is 37.5 Å². The van der Waals surface area contributed by atoms with E-state index in [1.165, 1.54) is 5.56 Å². The number of amides is 1. The second-order valence-electron chi connectivity index (χ2n) is 9.01. The van der Waals surface area contributed by atoms with Crippen molar-refractivity contribution in [2.45, 2.75) is 42.7 Å². The Balaban J connectivity index is 1.45. The van der Waals surface area contributed by atoms with Gasteiger partial charge in [-0.25, -0.2) is 0 Å². The number of carbonyl (C=O) groups is 1. The largest absolute Gasteiger partial charge is 0.362 e. The summed E-state index contributed by atoms with van der Waals surface area (Å²) in [6.45, 7) is 2.12. The SMILES string of the molecule is CN1c2cccc([SH](C)(C)=O)c2CC1C(=O)N1CCC(c2cccc(CN)c2)CC1. The molecular weight excluding hydrogens is 394 g/mol. The van der Waals surface area contributed by atoms with Crippen LogP contribution in [-0.4, -0.2) is 53.7 Å². The van der Waals surface area contributed by atoms with Gasteiger partial charge in [-0.1, -0.05) is 40.3 Å². The highest BCUT2D eigenvalue weighted by molar-refractivity contribution is 8.01. The molecule has 5 nitrogen and oxygen atoms in total. The molecule has 2 aromatic carbocycles. The molecule has 2 N–H and O–H groups in total. The lowest BCUT2D eigenvalue weighted by atomic mass is 9.88. The minimum Gasteiger partial charge on any atom is -0.362 e. The van der Waals surface area contributed by atoms with Gasteiger partial charge in [0.1, 0.15) is 6.04 Å². The molecule has 0 spiro atoms. The lowest BCUT2D eigenvalue weighted by Gasteiger charge is -2.35. The molecule has 1 fully saturated rings. The highest BCUT2D eigenvalue weighted by Crippen LogP contribution is 2.38. The van der Waals surface area contributed by atoms with Gasteiger partial charge in [-0.2, -0.15) is 0 Å². The fourth-order valence-electron chi connectivity index (χ4n) is 4.98. The summed E-state index contributed by atoms with van der Waals surface area (Å²) in [5, 5.41) is 0. The van der Waals surface area contributed by atoms with Gasteiger partial charge in [-0.3, -0.25) is 9.00 Å². The van der Waals surface area contributed by atoms with Crippen LogP contribution in [0.5, 0.6) is 0 Å². The predicted molar refractivity (Wildman–Crippen MR) is 125 cm³/mol. The Morgan fingerprint density at radius 1 is 1.13 bits per heavy atom. The number of carbonyl (C=O) groups excluding carboxylic acids is 1. The maximum absolute atomic E-state index is 13.4. The van der Waals surface area contributed by atoms with Crippen LogP contribution < -0.4 is 10.6 Å². The number of piperidine rings is 1. The first-order valence-corrected chi connectivity index (χ1v) is 13.4. The normalized spacial score (nSPS) is 20.3. The van der Waals surface area contributed by atoms with Crippen LogP contribution in [0.25, 0.3) is 0 Å². The number of fused-ring (bicyclic) bond motifs is 1. The van der Waals surface area contributed by atoms with Crippen LogP contribution in [0.3, 0.4) is 0 Å². The molecule has 2 aliphatic heterocycles. The van der Waals surface area contributed by atoms with Gasteiger partial charge in [0.2, 0.25) is 5.91 Å². The standard InChI is InChI=1S/C24H33N3O2S/c1-26-21-8-5-9-23(30(2,3)29)20(21)15-22(26)24(28)27-12-10-18(11-13-27)19-7-4-6-17(14-19)16-25/h4-9,14,18,22,30H,10-13,15-16,25H2,1-3H3. The van der Waals surface area contributed by atoms with Gasteiger partial charge in [-0.15, -0.1) is 0 Å². The zero-order chi connectivity index (χ0) is 21.5. The summed E-state index contributed by atoms with van der Waals surface area (Å²) in [7, 11) is -0.399. The summed E-state index contributed by atoms with van der Waals surface area (Å²) in [5.74, 6) is 0.674. The van der Waals surface area contributed by atoms with E-state index in [1.807, 2.05) is 42.7 Å². The molecule has 162 valence electrons. The maximum Gasteiger partial charge on any atom is 0.245 e. The van der Waals surface area contributed by atoms with Crippen LogP contribution in [0.2, 0.25) is 0 Å². The Morgan fingerprint density at radius 2 is 1.83 bits per heavy atom. The van der Waals surface area contributed by atoms with Crippen molar-refractivity contribution in [3.63, 3.8) is 0 Å². The molecular formula is C24H33N3O2S. The van der Waals surface area contributed by atoms with Gasteiger partial charge < -0.3 is 15.5 Å². The summed E-state index contributed by atoms with van der Waals surface area (Å²) in [6, 6.07) is 14.3. The molecule has 2 heterocycles. The van der Waals surface area contributed by atoms with Crippen molar-refractivity contribution in [2.24, 2.45) is 5.73 Å². The third-order valence-electron chi connectivity index (χ3n) is 6.70. The van der Waals surface area contributed by atoms with E-state index >= 15 is 0 Å². The van der Waals surface area contributed by atoms with Gasteiger partial charge in [0, 0.05) is 43.7 Å². The fraction of sp³-hybridized carbons (Fsp3) is 0.458. The molecule has 4 rings (SSSR count). The minimum atomic E-state index is -2.38. The van der Waals surface area contributed by atoms with E-state index in [0.717, 1.165) is 47.6 Å². The average molecular weight is 428 g/mol. The Labute approximate surface area is 180 Å². The number of benzene rings is 2. The first kappa shape index (κ1) is 21.1. The van der Waals surface area contributed by atoms with E-state index < -0.39 is 9.93 Å². The lowest BCUT2D eigenvalue weighted by molar-refractivity contribution is -0.133. The zero-order valence-electron chi connectivity index (χ0n) is 18.2. The summed E-state index contributed by atoms with van der Waals surface area (Å²) in [4.78, 5) is 18.4. The van der Waals surface area contributed by atoms with Gasteiger partial charge in [0.05, 0.1) is 0 Å². The first-order chi connectivity index (χ1) is 14.3. The number of thiol groups is 1. The summed E-state index contributed by atoms with van der Waals surface area (Å²) < 4.78 is 12.8. The third kappa shape index (κ3) is 3.91. The van der Waals surface area contributed by atoms with E-state index in [0.29, 0.717) is 18.9 Å². The molecule has 0 bridgehead atoms. The number of hydrogen-bond acceptors (Lipinski definition) is 4. The molecule has 2 aliphatic rings. The predicted octanol–water partition coefficient (Wildman–Crippen LogP) is 2.55. The molecule has 1 amide bonds. The van der Waals surface area contributed by atoms with Crippen LogP contribution in [0.4, 0.5) is 5.69 Å². The third-order valence-corrected chi connectivity index (χ3v) is 8.28. The fourth-order valence-corrected chi connectivity index (χ4v) is 6.28. The first-order valence-electron chi connectivity index (χ1n) is 10.8. The zero-order valence-corrected chi connectivity index (χ0v) is 19.1. The highest BCUT2D eigenvalue weighted by atomic mass is 32.2. The van der Waals surface area contributed by atoms with E-state index in [2.05, 4.69) is 29.2 Å². The van der Waals surface area contributed by atoms with E-state index in [9.17, 15) is 9.00 Å². The Morgan fingerprint density at radius 3 is 2.50 bits per heavy atom. The van der Waals surface area contributed by atoms with Crippen LogP contribution in [0.15, 0.2) is 47.4 Å². The van der Waals surface area contributed by atoms with Gasteiger partial charge in [0.15, 0.2) is 0 Å². The second-order valence-corrected chi connectivity index (χ2v) is 12.2. The molecule has 0 radical (unpaired) electrons. The lowest BCUT2D eigenvalue weighted by Crippen LogP contribution is -2.48. The molecule has 0 aliphatic carbocycles. The Kier molecular flexibility index (Phi) is 5.73. The van der Waals surface area contributed by atoms with Crippen molar-refractivity contribution < 1.29 is 9.00 Å². The van der Waals surface area contributed by atoms with E-state index in [4.69, 9.17) is 5.73 Å². The van der Waals surface area contributed by atoms with Crippen molar-refractivity contribution in [1.82, 2.24) is 4.90 Å². The quantitative estimate of drug-likeness (QED) is 0.736. The number of anilines is 1. The second kappa shape index (κ2) is 8.16. The molecule has 6 heteroatoms. The monoisotopic (exact) mass is 427 g/mol. The number of hydrogen-bond donors (Lipinski definition) is 2. The van der Waals surface area contributed by atoms with E-state index in [-0.39, 0.29) is 11.9 Å². The van der Waals surface area contributed by atoms with Crippen molar-refractivity contribution in [1.29, 1.82) is 0 Å². The van der Waals surface area contributed by atoms with Crippen LogP contribution in [-0.2, 0) is 27.7 Å². The van der Waals surface area contributed by atoms with Gasteiger partial charge >= 0.3 is 0 Å². The molecule has 2 aromatic rings. The number of nitrogens with zero attached hydrogens (tertiary/aromatic N) is 2. The molecule has 1 unspecified atom stereocenters. The summed E-state index contributed by atoms with van der Waals surface area (Å²) in [5.41, 5.74) is 10.4. The smallest absolute Gasteiger partial charge is 0.245 e. The van der Waals surface area contributed by atoms with Crippen molar-refractivity contribution >= 4 is 21.5 Å². The minimum absolute atomic E-state index is 0.191. The number of rotatable bonds is 4. The topological polar surface area (TPSA) is 66.6 Å². The van der Waals surface area contributed by atoms with Crippen molar-refractivity contribution in [3.05, 3.63) is 59.2 Å². The van der Waals surface area contributed by atoms with Gasteiger partial charge in [-0.05, 0) is 60.1 Å². The number of nitrogens with two attached hydrogens (primary N) is 1. The van der Waals surface area contributed by atoms with Crippen LogP contribution in [0, 0.1) is 0 Å². The van der Waals surface area contributed by atoms with E-state index in [1.54, 1.807) is 0 Å². The average Bonchev–Trinajstić information content (AvgIpc) is 3.09. The van der Waals surface area contributed by atoms with Crippen LogP contribution in [0.1, 0.15) is 35.4 Å². The molecule has 0 saturated carbocycles. The van der Waals surface area contributed by atoms with Crippen molar-refractivity contribution in [3.8, 4) is 0 Å². The molecule has 30 heavy (non-hydrogen) atoms. The molecule has 1 saturated heterocycles. The molecule has 0 aromatic heterocycles. The summed E-state index contributed by atoms with van der Waals surface area (Å²) in [6.07, 6.45) is 6.22. The highest BCUT2D eigenvalue weighted by Gasteiger charge is 2.37.